The topological polar surface area (TPSA) is 62.1 Å². The van der Waals surface area contributed by atoms with Gasteiger partial charge >= 0.3 is 12.4 Å². The number of halogens is 6. The van der Waals surface area contributed by atoms with E-state index in [0.717, 1.165) is 11.1 Å². The fourth-order valence-corrected chi connectivity index (χ4v) is 2.20. The van der Waals surface area contributed by atoms with Crippen molar-refractivity contribution in [3.8, 4) is 5.75 Å². The fraction of sp³-hybridized carbons (Fsp3) is 0.467. The van der Waals surface area contributed by atoms with E-state index in [0.29, 0.717) is 0 Å². The van der Waals surface area contributed by atoms with Crippen molar-refractivity contribution in [1.29, 1.82) is 0 Å². The second kappa shape index (κ2) is 6.45. The molecule has 0 saturated heterocycles. The van der Waals surface area contributed by atoms with Gasteiger partial charge in [-0.1, -0.05) is 6.07 Å². The molecule has 0 fully saturated rings. The Morgan fingerprint density at radius 3 is 2.35 bits per heavy atom. The first-order chi connectivity index (χ1) is 11.8. The van der Waals surface area contributed by atoms with E-state index in [4.69, 9.17) is 4.74 Å². The van der Waals surface area contributed by atoms with Gasteiger partial charge < -0.3 is 9.84 Å². The number of hydrogen-bond donors (Lipinski definition) is 1. The Bertz CT molecular complexity index is 744. The zero-order valence-corrected chi connectivity index (χ0v) is 13.6. The number of hydrogen-bond acceptors (Lipinski definition) is 4. The number of aryl methyl sites for hydroxylation is 2. The van der Waals surface area contributed by atoms with Crippen LogP contribution >= 0.6 is 0 Å². The minimum absolute atomic E-state index is 0.135. The number of rotatable bonds is 3. The van der Waals surface area contributed by atoms with Gasteiger partial charge in [-0.25, -0.2) is 0 Å². The lowest BCUT2D eigenvalue weighted by Gasteiger charge is -2.32. The number of ether oxygens (including phenoxy) is 1. The van der Waals surface area contributed by atoms with E-state index in [1.54, 1.807) is 19.9 Å². The summed E-state index contributed by atoms with van der Waals surface area (Å²) in [6.45, 7) is 2.49. The molecular formula is C15H14F6N2O3. The number of amides is 1. The maximum atomic E-state index is 13.1. The molecule has 0 saturated carbocycles. The average molecular weight is 384 g/mol. The van der Waals surface area contributed by atoms with Gasteiger partial charge in [0, 0.05) is 0 Å². The Morgan fingerprint density at radius 1 is 1.23 bits per heavy atom. The molecule has 0 aliphatic carbocycles. The number of alkyl halides is 6. The van der Waals surface area contributed by atoms with Crippen molar-refractivity contribution in [2.75, 3.05) is 6.61 Å². The summed E-state index contributed by atoms with van der Waals surface area (Å²) in [5, 5.41) is 11.7. The zero-order valence-electron chi connectivity index (χ0n) is 13.6. The van der Waals surface area contributed by atoms with Crippen LogP contribution < -0.4 is 4.74 Å². The first kappa shape index (κ1) is 20.0. The van der Waals surface area contributed by atoms with Crippen molar-refractivity contribution >= 4 is 11.6 Å². The molecule has 26 heavy (non-hydrogen) atoms. The lowest BCUT2D eigenvalue weighted by atomic mass is 10.1. The summed E-state index contributed by atoms with van der Waals surface area (Å²) in [5.41, 5.74) is -4.31. The quantitative estimate of drug-likeness (QED) is 0.815. The highest BCUT2D eigenvalue weighted by Crippen LogP contribution is 2.43. The minimum Gasteiger partial charge on any atom is -0.484 e. The third-order valence-electron chi connectivity index (χ3n) is 3.84. The van der Waals surface area contributed by atoms with Gasteiger partial charge in [0.05, 0.1) is 6.42 Å². The molecule has 0 aromatic heterocycles. The van der Waals surface area contributed by atoms with Gasteiger partial charge in [0.25, 0.3) is 11.6 Å². The smallest absolute Gasteiger partial charge is 0.438 e. The van der Waals surface area contributed by atoms with Crippen molar-refractivity contribution in [3.05, 3.63) is 29.3 Å². The van der Waals surface area contributed by atoms with Crippen molar-refractivity contribution in [2.45, 2.75) is 38.3 Å². The van der Waals surface area contributed by atoms with Gasteiger partial charge in [0.15, 0.2) is 6.61 Å². The van der Waals surface area contributed by atoms with Gasteiger partial charge in [0.2, 0.25) is 0 Å². The summed E-state index contributed by atoms with van der Waals surface area (Å²) in [6, 6.07) is 4.59. The molecule has 144 valence electrons. The van der Waals surface area contributed by atoms with Crippen LogP contribution in [0.2, 0.25) is 0 Å². The highest BCUT2D eigenvalue weighted by molar-refractivity contribution is 5.94. The molecule has 1 heterocycles. The van der Waals surface area contributed by atoms with Gasteiger partial charge in [0.1, 0.15) is 11.5 Å². The Kier molecular flexibility index (Phi) is 4.97. The first-order valence-electron chi connectivity index (χ1n) is 7.22. The molecule has 1 N–H and O–H groups in total. The van der Waals surface area contributed by atoms with Crippen LogP contribution in [-0.2, 0) is 4.79 Å². The van der Waals surface area contributed by atoms with Crippen molar-refractivity contribution < 1.29 is 41.0 Å². The standard InChI is InChI=1S/C15H14F6N2O3/c1-8-3-4-10(5-9(8)2)26-7-12(24)23-13(25,15(19,20)21)6-11(22-23)14(16,17)18/h3-5,25H,6-7H2,1-2H3/t13-/m0/s1. The summed E-state index contributed by atoms with van der Waals surface area (Å²) < 4.78 is 82.2. The molecule has 1 aliphatic heterocycles. The van der Waals surface area contributed by atoms with E-state index in [9.17, 15) is 36.2 Å². The van der Waals surface area contributed by atoms with Crippen molar-refractivity contribution in [3.63, 3.8) is 0 Å². The highest BCUT2D eigenvalue weighted by atomic mass is 19.4. The molecule has 0 bridgehead atoms. The van der Waals surface area contributed by atoms with E-state index in [-0.39, 0.29) is 5.75 Å². The van der Waals surface area contributed by atoms with E-state index in [1.807, 2.05) is 0 Å². The third kappa shape index (κ3) is 3.76. The average Bonchev–Trinajstić information content (AvgIpc) is 2.87. The van der Waals surface area contributed by atoms with Crippen LogP contribution in [0, 0.1) is 13.8 Å². The molecule has 11 heteroatoms. The number of carbonyl (C=O) groups excluding carboxylic acids is 1. The van der Waals surface area contributed by atoms with Crippen LogP contribution in [0.1, 0.15) is 17.5 Å². The predicted molar refractivity (Wildman–Crippen MR) is 77.4 cm³/mol. The maximum Gasteiger partial charge on any atom is 0.438 e. The summed E-state index contributed by atoms with van der Waals surface area (Å²) >= 11 is 0. The number of hydrazone groups is 1. The fourth-order valence-electron chi connectivity index (χ4n) is 2.20. The third-order valence-corrected chi connectivity index (χ3v) is 3.84. The van der Waals surface area contributed by atoms with E-state index >= 15 is 0 Å². The van der Waals surface area contributed by atoms with Crippen LogP contribution in [-0.4, -0.2) is 46.4 Å². The minimum atomic E-state index is -5.54. The molecule has 1 aromatic rings. The lowest BCUT2D eigenvalue weighted by Crippen LogP contribution is -2.57. The zero-order chi connectivity index (χ0) is 19.9. The predicted octanol–water partition coefficient (Wildman–Crippen LogP) is 3.08. The molecule has 0 unspecified atom stereocenters. The Morgan fingerprint density at radius 2 is 1.85 bits per heavy atom. The Labute approximate surface area is 143 Å². The van der Waals surface area contributed by atoms with Crippen molar-refractivity contribution in [1.82, 2.24) is 5.01 Å². The molecule has 1 aromatic carbocycles. The second-order valence-electron chi connectivity index (χ2n) is 5.78. The highest BCUT2D eigenvalue weighted by Gasteiger charge is 2.66. The number of carbonyl (C=O) groups is 1. The normalized spacial score (nSPS) is 21.0. The van der Waals surface area contributed by atoms with Gasteiger partial charge in [-0.3, -0.25) is 4.79 Å². The molecule has 5 nitrogen and oxygen atoms in total. The molecule has 2 rings (SSSR count). The van der Waals surface area contributed by atoms with Gasteiger partial charge in [-0.05, 0) is 37.1 Å². The van der Waals surface area contributed by atoms with E-state index < -0.39 is 47.7 Å². The molecule has 1 amide bonds. The molecule has 1 atom stereocenters. The first-order valence-corrected chi connectivity index (χ1v) is 7.22. The van der Waals surface area contributed by atoms with Crippen LogP contribution in [0.4, 0.5) is 26.3 Å². The summed E-state index contributed by atoms with van der Waals surface area (Å²) in [6.07, 6.45) is -12.7. The lowest BCUT2D eigenvalue weighted by molar-refractivity contribution is -0.302. The van der Waals surface area contributed by atoms with Crippen LogP contribution in [0.15, 0.2) is 23.3 Å². The SMILES string of the molecule is Cc1ccc(OCC(=O)N2N=C(C(F)(F)F)C[C@]2(O)C(F)(F)F)cc1C. The number of benzene rings is 1. The van der Waals surface area contributed by atoms with E-state index in [2.05, 4.69) is 5.10 Å². The molecular weight excluding hydrogens is 370 g/mol. The van der Waals surface area contributed by atoms with Gasteiger partial charge in [-0.2, -0.15) is 36.5 Å². The Hall–Kier alpha value is -2.30. The monoisotopic (exact) mass is 384 g/mol. The summed E-state index contributed by atoms with van der Waals surface area (Å²) in [5.74, 6) is -1.43. The van der Waals surface area contributed by atoms with E-state index in [1.165, 1.54) is 12.1 Å². The van der Waals surface area contributed by atoms with Gasteiger partial charge in [-0.15, -0.1) is 0 Å². The van der Waals surface area contributed by atoms with Crippen LogP contribution in [0.5, 0.6) is 5.75 Å². The Balaban J connectivity index is 2.22. The molecule has 0 radical (unpaired) electrons. The summed E-state index contributed by atoms with van der Waals surface area (Å²) in [4.78, 5) is 12.0. The largest absolute Gasteiger partial charge is 0.484 e. The maximum absolute atomic E-state index is 13.1. The second-order valence-corrected chi connectivity index (χ2v) is 5.78. The van der Waals surface area contributed by atoms with Crippen LogP contribution in [0.3, 0.4) is 0 Å². The summed E-state index contributed by atoms with van der Waals surface area (Å²) in [7, 11) is 0. The number of nitrogens with zero attached hydrogens (tertiary/aromatic N) is 2. The number of aliphatic hydroxyl groups is 1. The molecule has 0 spiro atoms. The van der Waals surface area contributed by atoms with Crippen LogP contribution in [0.25, 0.3) is 0 Å². The molecule has 1 aliphatic rings. The van der Waals surface area contributed by atoms with Crippen molar-refractivity contribution in [2.24, 2.45) is 5.10 Å².